The normalized spacial score (nSPS) is 12.4. The van der Waals surface area contributed by atoms with Crippen molar-refractivity contribution in [2.24, 2.45) is 0 Å². The van der Waals surface area contributed by atoms with Gasteiger partial charge in [0, 0.05) is 0 Å². The van der Waals surface area contributed by atoms with Gasteiger partial charge in [0.25, 0.3) is 0 Å². The molecule has 4 N–H and O–H groups in total. The highest BCUT2D eigenvalue weighted by Gasteiger charge is 1.79. The van der Waals surface area contributed by atoms with Crippen LogP contribution in [-0.4, -0.2) is 5.56 Å². The SMILES string of the molecule is CCCC([O-])Cl.[NH4+]. The van der Waals surface area contributed by atoms with E-state index in [1.54, 1.807) is 0 Å². The molecule has 0 bridgehead atoms. The Bertz CT molecular complexity index is 32.9. The monoisotopic (exact) mass is 125 g/mol. The lowest BCUT2D eigenvalue weighted by Gasteiger charge is -2.09. The molecular formula is C4H12ClNO. The fraction of sp³-hybridized carbons (Fsp3) is 1.00. The van der Waals surface area contributed by atoms with Crippen molar-refractivity contribution < 1.29 is 5.11 Å². The van der Waals surface area contributed by atoms with E-state index in [1.165, 1.54) is 0 Å². The van der Waals surface area contributed by atoms with Gasteiger partial charge >= 0.3 is 0 Å². The van der Waals surface area contributed by atoms with Crippen molar-refractivity contribution in [2.45, 2.75) is 25.3 Å². The first kappa shape index (κ1) is 10.2. The second-order valence-corrected chi connectivity index (χ2v) is 1.69. The lowest BCUT2D eigenvalue weighted by molar-refractivity contribution is -0.390. The Labute approximate surface area is 49.1 Å². The van der Waals surface area contributed by atoms with E-state index in [2.05, 4.69) is 0 Å². The predicted octanol–water partition coefficient (Wildman–Crippen LogP) is 1.09. The maximum atomic E-state index is 9.89. The van der Waals surface area contributed by atoms with Crippen molar-refractivity contribution in [3.8, 4) is 0 Å². The van der Waals surface area contributed by atoms with Gasteiger partial charge in [-0.3, -0.25) is 0 Å². The van der Waals surface area contributed by atoms with Gasteiger partial charge in [0.1, 0.15) is 0 Å². The molecular weight excluding hydrogens is 114 g/mol. The van der Waals surface area contributed by atoms with Gasteiger partial charge < -0.3 is 11.3 Å². The topological polar surface area (TPSA) is 59.6 Å². The van der Waals surface area contributed by atoms with Crippen LogP contribution in [0.2, 0.25) is 0 Å². The smallest absolute Gasteiger partial charge is 0.0467 e. The molecule has 0 saturated heterocycles. The molecule has 0 heterocycles. The molecule has 0 aromatic heterocycles. The van der Waals surface area contributed by atoms with E-state index in [9.17, 15) is 5.11 Å². The van der Waals surface area contributed by atoms with Crippen molar-refractivity contribution in [3.63, 3.8) is 0 Å². The number of rotatable bonds is 2. The second kappa shape index (κ2) is 6.21. The third-order valence-electron chi connectivity index (χ3n) is 0.516. The van der Waals surface area contributed by atoms with Crippen LogP contribution in [0.5, 0.6) is 0 Å². The average molecular weight is 126 g/mol. The van der Waals surface area contributed by atoms with E-state index in [4.69, 9.17) is 11.6 Å². The summed E-state index contributed by atoms with van der Waals surface area (Å²) in [7, 11) is 0. The summed E-state index contributed by atoms with van der Waals surface area (Å²) in [5.74, 6) is 0. The number of quaternary nitrogens is 1. The Morgan fingerprint density at radius 2 is 2.14 bits per heavy atom. The summed E-state index contributed by atoms with van der Waals surface area (Å²) in [5.41, 5.74) is -0.880. The van der Waals surface area contributed by atoms with Crippen LogP contribution >= 0.6 is 11.6 Å². The molecule has 2 nitrogen and oxygen atoms in total. The molecule has 1 unspecified atom stereocenters. The van der Waals surface area contributed by atoms with E-state index < -0.39 is 5.56 Å². The summed E-state index contributed by atoms with van der Waals surface area (Å²) in [6.07, 6.45) is 1.47. The largest absolute Gasteiger partial charge is 0.840 e. The first-order valence-electron chi connectivity index (χ1n) is 2.07. The zero-order valence-corrected chi connectivity index (χ0v) is 5.53. The first-order valence-corrected chi connectivity index (χ1v) is 2.51. The van der Waals surface area contributed by atoms with Crippen LogP contribution in [0.15, 0.2) is 0 Å². The molecule has 0 radical (unpaired) electrons. The van der Waals surface area contributed by atoms with Gasteiger partial charge in [-0.2, -0.15) is 0 Å². The highest BCUT2D eigenvalue weighted by atomic mass is 35.5. The maximum Gasteiger partial charge on any atom is -0.0467 e. The van der Waals surface area contributed by atoms with E-state index in [0.29, 0.717) is 6.42 Å². The first-order chi connectivity index (χ1) is 2.77. The Kier molecular flexibility index (Phi) is 9.09. The van der Waals surface area contributed by atoms with Gasteiger partial charge in [-0.1, -0.05) is 19.8 Å². The van der Waals surface area contributed by atoms with Gasteiger partial charge in [0.05, 0.1) is 0 Å². The quantitative estimate of drug-likeness (QED) is 0.552. The minimum absolute atomic E-state index is 0. The van der Waals surface area contributed by atoms with E-state index in [-0.39, 0.29) is 6.15 Å². The van der Waals surface area contributed by atoms with Gasteiger partial charge in [-0.05, 0) is 5.56 Å². The van der Waals surface area contributed by atoms with Crippen LogP contribution in [-0.2, 0) is 0 Å². The molecule has 7 heavy (non-hydrogen) atoms. The molecule has 0 spiro atoms. The highest BCUT2D eigenvalue weighted by Crippen LogP contribution is 1.94. The van der Waals surface area contributed by atoms with Gasteiger partial charge in [0.2, 0.25) is 0 Å². The Balaban J connectivity index is 0. The van der Waals surface area contributed by atoms with Gasteiger partial charge in [-0.25, -0.2) is 0 Å². The van der Waals surface area contributed by atoms with Gasteiger partial charge in [-0.15, -0.1) is 11.6 Å². The fourth-order valence-corrected chi connectivity index (χ4v) is 0.445. The van der Waals surface area contributed by atoms with E-state index >= 15 is 0 Å². The summed E-state index contributed by atoms with van der Waals surface area (Å²) < 4.78 is 0. The van der Waals surface area contributed by atoms with E-state index in [1.807, 2.05) is 6.92 Å². The van der Waals surface area contributed by atoms with E-state index in [0.717, 1.165) is 6.42 Å². The van der Waals surface area contributed by atoms with Crippen LogP contribution < -0.4 is 11.3 Å². The molecule has 0 fully saturated rings. The molecule has 0 aromatic rings. The van der Waals surface area contributed by atoms with Crippen molar-refractivity contribution >= 4 is 11.6 Å². The number of hydrogen-bond donors (Lipinski definition) is 1. The standard InChI is InChI=1S/C4H8ClO.H3N/c1-2-3-4(5)6;/h4H,2-3H2,1H3;1H3/q-1;/p+1. The molecule has 0 aliphatic carbocycles. The fourth-order valence-electron chi connectivity index (χ4n) is 0.227. The number of hydrogen-bond acceptors (Lipinski definition) is 1. The molecule has 1 atom stereocenters. The maximum absolute atomic E-state index is 9.89. The predicted molar refractivity (Wildman–Crippen MR) is 30.5 cm³/mol. The van der Waals surface area contributed by atoms with Crippen LogP contribution in [0.1, 0.15) is 19.8 Å². The Morgan fingerprint density at radius 3 is 2.14 bits per heavy atom. The average Bonchev–Trinajstić information content (AvgIpc) is 1.35. The summed E-state index contributed by atoms with van der Waals surface area (Å²) in [6.45, 7) is 1.94. The van der Waals surface area contributed by atoms with Crippen LogP contribution in [0.4, 0.5) is 0 Å². The lowest BCUT2D eigenvalue weighted by Crippen LogP contribution is -2.16. The Hall–Kier alpha value is 0.210. The lowest BCUT2D eigenvalue weighted by atomic mass is 10.4. The highest BCUT2D eigenvalue weighted by molar-refractivity contribution is 6.19. The summed E-state index contributed by atoms with van der Waals surface area (Å²) in [5, 5.41) is 9.89. The van der Waals surface area contributed by atoms with Crippen molar-refractivity contribution in [1.29, 1.82) is 0 Å². The Morgan fingerprint density at radius 1 is 1.71 bits per heavy atom. The zero-order valence-electron chi connectivity index (χ0n) is 4.78. The van der Waals surface area contributed by atoms with Crippen molar-refractivity contribution in [3.05, 3.63) is 0 Å². The molecule has 3 heteroatoms. The molecule has 46 valence electrons. The second-order valence-electron chi connectivity index (χ2n) is 1.20. The summed E-state index contributed by atoms with van der Waals surface area (Å²) in [6, 6.07) is 0. The van der Waals surface area contributed by atoms with Crippen molar-refractivity contribution in [1.82, 2.24) is 6.15 Å². The van der Waals surface area contributed by atoms with Gasteiger partial charge in [0.15, 0.2) is 0 Å². The molecule has 0 aliphatic rings. The van der Waals surface area contributed by atoms with Crippen molar-refractivity contribution in [2.75, 3.05) is 0 Å². The molecule has 0 aromatic carbocycles. The molecule has 0 amide bonds. The summed E-state index contributed by atoms with van der Waals surface area (Å²) >= 11 is 5.02. The van der Waals surface area contributed by atoms with Crippen LogP contribution in [0.3, 0.4) is 0 Å². The third-order valence-corrected chi connectivity index (χ3v) is 0.734. The minimum Gasteiger partial charge on any atom is -0.840 e. The molecule has 0 rings (SSSR count). The number of alkyl halides is 1. The van der Waals surface area contributed by atoms with Crippen LogP contribution in [0, 0.1) is 0 Å². The van der Waals surface area contributed by atoms with Crippen LogP contribution in [0.25, 0.3) is 0 Å². The zero-order chi connectivity index (χ0) is 4.99. The molecule has 0 aliphatic heterocycles. The molecule has 0 saturated carbocycles. The summed E-state index contributed by atoms with van der Waals surface area (Å²) in [4.78, 5) is 0. The number of halogens is 1. The third kappa shape index (κ3) is 10.7. The minimum atomic E-state index is -0.880.